The molecule has 0 radical (unpaired) electrons. The predicted octanol–water partition coefficient (Wildman–Crippen LogP) is 1.95. The third-order valence-corrected chi connectivity index (χ3v) is 2.49. The molecule has 0 aliphatic carbocycles. The average molecular weight is 208 g/mol. The summed E-state index contributed by atoms with van der Waals surface area (Å²) in [5, 5.41) is 2.82. The van der Waals surface area contributed by atoms with Crippen molar-refractivity contribution < 1.29 is 9.21 Å². The molecule has 15 heavy (non-hydrogen) atoms. The first-order valence-electron chi connectivity index (χ1n) is 5.06. The van der Waals surface area contributed by atoms with Gasteiger partial charge in [-0.25, -0.2) is 4.98 Å². The van der Waals surface area contributed by atoms with E-state index in [9.17, 15) is 4.79 Å². The molecule has 1 aliphatic rings. The van der Waals surface area contributed by atoms with Crippen molar-refractivity contribution in [2.75, 3.05) is 0 Å². The topological polar surface area (TPSA) is 55.1 Å². The number of nitrogens with one attached hydrogen (secondary N) is 1. The van der Waals surface area contributed by atoms with Crippen LogP contribution >= 0.6 is 0 Å². The van der Waals surface area contributed by atoms with Crippen LogP contribution in [-0.2, 0) is 11.0 Å². The summed E-state index contributed by atoms with van der Waals surface area (Å²) in [5.41, 5.74) is 0.137. The monoisotopic (exact) mass is 208 g/mol. The van der Waals surface area contributed by atoms with Gasteiger partial charge >= 0.3 is 0 Å². The summed E-state index contributed by atoms with van der Waals surface area (Å²) in [4.78, 5) is 16.0. The Hall–Kier alpha value is -1.32. The van der Waals surface area contributed by atoms with E-state index in [0.29, 0.717) is 11.7 Å². The quantitative estimate of drug-likeness (QED) is 0.709. The molecule has 4 nitrogen and oxygen atoms in total. The number of oxazole rings is 1. The van der Waals surface area contributed by atoms with E-state index in [-0.39, 0.29) is 11.3 Å². The maximum absolute atomic E-state index is 11.6. The van der Waals surface area contributed by atoms with Gasteiger partial charge in [-0.1, -0.05) is 20.8 Å². The third kappa shape index (κ3) is 1.44. The first-order valence-corrected chi connectivity index (χ1v) is 5.06. The number of fused-ring (bicyclic) bond motifs is 1. The van der Waals surface area contributed by atoms with E-state index in [2.05, 4.69) is 10.3 Å². The summed E-state index contributed by atoms with van der Waals surface area (Å²) < 4.78 is 5.52. The lowest BCUT2D eigenvalue weighted by atomic mass is 9.97. The number of aromatic nitrogens is 1. The molecular formula is C11H16N2O2. The van der Waals surface area contributed by atoms with Crippen LogP contribution in [0, 0.1) is 0 Å². The van der Waals surface area contributed by atoms with Crippen LogP contribution in [0.15, 0.2) is 4.42 Å². The van der Waals surface area contributed by atoms with E-state index < -0.39 is 5.54 Å². The molecule has 0 bridgehead atoms. The summed E-state index contributed by atoms with van der Waals surface area (Å²) in [6.07, 6.45) is 0. The molecule has 1 N–H and O–H groups in total. The molecule has 1 aromatic heterocycles. The lowest BCUT2D eigenvalue weighted by molar-refractivity contribution is 0.0911. The molecule has 4 heteroatoms. The molecule has 0 aromatic carbocycles. The fourth-order valence-corrected chi connectivity index (χ4v) is 1.62. The molecule has 0 saturated heterocycles. The van der Waals surface area contributed by atoms with Gasteiger partial charge in [0.25, 0.3) is 5.91 Å². The fraction of sp³-hybridized carbons (Fsp3) is 0.636. The van der Waals surface area contributed by atoms with Gasteiger partial charge in [0.05, 0.1) is 5.54 Å². The summed E-state index contributed by atoms with van der Waals surface area (Å²) in [7, 11) is 0. The highest BCUT2D eigenvalue weighted by Crippen LogP contribution is 2.33. The van der Waals surface area contributed by atoms with Gasteiger partial charge in [0.2, 0.25) is 11.7 Å². The van der Waals surface area contributed by atoms with E-state index in [4.69, 9.17) is 4.42 Å². The van der Waals surface area contributed by atoms with E-state index in [1.54, 1.807) is 0 Å². The molecule has 0 fully saturated rings. The first-order chi connectivity index (χ1) is 6.72. The summed E-state index contributed by atoms with van der Waals surface area (Å²) in [6, 6.07) is 0. The Morgan fingerprint density at radius 1 is 1.33 bits per heavy atom. The van der Waals surface area contributed by atoms with Gasteiger partial charge in [-0.2, -0.15) is 0 Å². The number of carbonyl (C=O) groups is 1. The minimum atomic E-state index is -0.417. The second-order valence-electron chi connectivity index (χ2n) is 5.53. The molecule has 1 aromatic rings. The second-order valence-corrected chi connectivity index (χ2v) is 5.53. The van der Waals surface area contributed by atoms with Crippen molar-refractivity contribution in [3.8, 4) is 0 Å². The van der Waals surface area contributed by atoms with Crippen molar-refractivity contribution in [2.24, 2.45) is 0 Å². The molecule has 82 valence electrons. The van der Waals surface area contributed by atoms with E-state index in [1.807, 2.05) is 34.6 Å². The number of rotatable bonds is 0. The lowest BCUT2D eigenvalue weighted by Gasteiger charge is -2.17. The van der Waals surface area contributed by atoms with Gasteiger partial charge in [-0.05, 0) is 13.8 Å². The van der Waals surface area contributed by atoms with Gasteiger partial charge in [0.1, 0.15) is 5.69 Å². The minimum absolute atomic E-state index is 0.166. The fourth-order valence-electron chi connectivity index (χ4n) is 1.62. The Morgan fingerprint density at radius 3 is 2.40 bits per heavy atom. The number of amides is 1. The zero-order valence-electron chi connectivity index (χ0n) is 9.76. The van der Waals surface area contributed by atoms with Crippen molar-refractivity contribution in [1.29, 1.82) is 0 Å². The van der Waals surface area contributed by atoms with Crippen molar-refractivity contribution >= 4 is 5.91 Å². The van der Waals surface area contributed by atoms with Crippen LogP contribution in [0.4, 0.5) is 0 Å². The second kappa shape index (κ2) is 2.62. The van der Waals surface area contributed by atoms with Gasteiger partial charge in [0.15, 0.2) is 0 Å². The predicted molar refractivity (Wildman–Crippen MR) is 55.7 cm³/mol. The van der Waals surface area contributed by atoms with Crippen LogP contribution in [0.5, 0.6) is 0 Å². The lowest BCUT2D eigenvalue weighted by Crippen LogP contribution is -2.34. The molecule has 1 aliphatic heterocycles. The third-order valence-electron chi connectivity index (χ3n) is 2.49. The molecular weight excluding hydrogens is 192 g/mol. The molecule has 2 heterocycles. The summed E-state index contributed by atoms with van der Waals surface area (Å²) in [5.74, 6) is 0.818. The number of hydrogen-bond acceptors (Lipinski definition) is 3. The van der Waals surface area contributed by atoms with Gasteiger partial charge in [-0.15, -0.1) is 0 Å². The van der Waals surface area contributed by atoms with Crippen LogP contribution in [0.25, 0.3) is 0 Å². The zero-order chi connectivity index (χ0) is 11.4. The Balaban J connectivity index is 2.55. The highest BCUT2D eigenvalue weighted by atomic mass is 16.4. The average Bonchev–Trinajstić information content (AvgIpc) is 2.51. The van der Waals surface area contributed by atoms with Crippen molar-refractivity contribution in [3.05, 3.63) is 17.3 Å². The maximum atomic E-state index is 11.6. The van der Waals surface area contributed by atoms with E-state index in [0.717, 1.165) is 5.69 Å². The molecule has 0 unspecified atom stereocenters. The van der Waals surface area contributed by atoms with Crippen LogP contribution in [0.1, 0.15) is 56.8 Å². The van der Waals surface area contributed by atoms with Crippen LogP contribution in [0.2, 0.25) is 0 Å². The van der Waals surface area contributed by atoms with Crippen molar-refractivity contribution in [1.82, 2.24) is 10.3 Å². The SMILES string of the molecule is CC(C)(C)c1nc2c(o1)C(=O)NC2(C)C. The smallest absolute Gasteiger partial charge is 0.289 e. The van der Waals surface area contributed by atoms with Crippen LogP contribution in [0.3, 0.4) is 0 Å². The van der Waals surface area contributed by atoms with Gasteiger partial charge in [0, 0.05) is 5.41 Å². The number of nitrogens with zero attached hydrogens (tertiary/aromatic N) is 1. The Bertz CT molecular complexity index is 424. The van der Waals surface area contributed by atoms with Crippen LogP contribution < -0.4 is 5.32 Å². The molecule has 0 atom stereocenters. The van der Waals surface area contributed by atoms with E-state index in [1.165, 1.54) is 0 Å². The summed E-state index contributed by atoms with van der Waals surface area (Å²) >= 11 is 0. The largest absolute Gasteiger partial charge is 0.435 e. The minimum Gasteiger partial charge on any atom is -0.435 e. The van der Waals surface area contributed by atoms with Crippen molar-refractivity contribution in [3.63, 3.8) is 0 Å². The Labute approximate surface area is 89.1 Å². The van der Waals surface area contributed by atoms with Gasteiger partial charge in [-0.3, -0.25) is 4.79 Å². The number of hydrogen-bond donors (Lipinski definition) is 1. The van der Waals surface area contributed by atoms with Gasteiger partial charge < -0.3 is 9.73 Å². The molecule has 2 rings (SSSR count). The normalized spacial score (nSPS) is 18.9. The highest BCUT2D eigenvalue weighted by Gasteiger charge is 2.42. The molecule has 0 spiro atoms. The Kier molecular flexibility index (Phi) is 1.78. The summed E-state index contributed by atoms with van der Waals surface area (Å²) in [6.45, 7) is 9.88. The van der Waals surface area contributed by atoms with Crippen molar-refractivity contribution in [2.45, 2.75) is 45.6 Å². The van der Waals surface area contributed by atoms with E-state index >= 15 is 0 Å². The molecule has 1 amide bonds. The standard InChI is InChI=1S/C11H16N2O2/c1-10(2,3)9-12-7-6(15-9)8(14)13-11(7,4)5/h1-5H3,(H,13,14). The maximum Gasteiger partial charge on any atom is 0.289 e. The highest BCUT2D eigenvalue weighted by molar-refractivity contribution is 5.96. The van der Waals surface area contributed by atoms with Crippen LogP contribution in [-0.4, -0.2) is 10.9 Å². The first kappa shape index (κ1) is 10.2. The zero-order valence-corrected chi connectivity index (χ0v) is 9.76. The number of carbonyl (C=O) groups excluding carboxylic acids is 1. The Morgan fingerprint density at radius 2 is 1.93 bits per heavy atom. The molecule has 0 saturated carbocycles.